The van der Waals surface area contributed by atoms with Crippen LogP contribution in [-0.4, -0.2) is 0 Å². The van der Waals surface area contributed by atoms with Crippen molar-refractivity contribution in [3.63, 3.8) is 0 Å². The molecule has 0 N–H and O–H groups in total. The molecule has 0 fully saturated rings. The van der Waals surface area contributed by atoms with E-state index in [0.717, 1.165) is 12.8 Å². The molecule has 2 heteroatoms. The summed E-state index contributed by atoms with van der Waals surface area (Å²) in [5, 5.41) is 1.46. The van der Waals surface area contributed by atoms with E-state index in [1.54, 1.807) is 0 Å². The molecule has 0 radical (unpaired) electrons. The van der Waals surface area contributed by atoms with Crippen molar-refractivity contribution in [3.05, 3.63) is 32.6 Å². The average molecular weight is 283 g/mol. The Morgan fingerprint density at radius 2 is 1.93 bits per heavy atom. The predicted octanol–water partition coefficient (Wildman–Crippen LogP) is 5.10. The zero-order chi connectivity index (χ0) is 11.0. The van der Waals surface area contributed by atoms with Crippen LogP contribution in [0.3, 0.4) is 0 Å². The fourth-order valence-corrected chi connectivity index (χ4v) is 3.76. The molecule has 0 spiro atoms. The topological polar surface area (TPSA) is 0 Å². The van der Waals surface area contributed by atoms with Gasteiger partial charge in [0, 0.05) is 4.70 Å². The van der Waals surface area contributed by atoms with Gasteiger partial charge in [-0.2, -0.15) is 0 Å². The van der Waals surface area contributed by atoms with E-state index < -0.39 is 0 Å². The molecule has 0 aliphatic rings. The fraction of sp³-hybridized carbons (Fsp3) is 0.385. The summed E-state index contributed by atoms with van der Waals surface area (Å²) >= 11 is 5.49. The zero-order valence-corrected chi connectivity index (χ0v) is 11.8. The third-order valence-corrected chi connectivity index (χ3v) is 5.01. The van der Waals surface area contributed by atoms with Crippen LogP contribution >= 0.6 is 27.3 Å². The number of halogens is 1. The van der Waals surface area contributed by atoms with Gasteiger partial charge in [-0.15, -0.1) is 11.3 Å². The van der Waals surface area contributed by atoms with Crippen molar-refractivity contribution in [2.45, 2.75) is 33.6 Å². The molecule has 0 nitrogen and oxygen atoms in total. The largest absolute Gasteiger partial charge is 0.128 e. The van der Waals surface area contributed by atoms with Crippen molar-refractivity contribution in [3.8, 4) is 0 Å². The normalized spacial score (nSPS) is 11.2. The maximum Gasteiger partial charge on any atom is 0.0740 e. The lowest BCUT2D eigenvalue weighted by molar-refractivity contribution is 1.10. The van der Waals surface area contributed by atoms with Gasteiger partial charge in [0.15, 0.2) is 0 Å². The summed E-state index contributed by atoms with van der Waals surface area (Å²) in [6.07, 6.45) is 2.24. The van der Waals surface area contributed by atoms with E-state index in [0.29, 0.717) is 0 Å². The Labute approximate surface area is 103 Å². The van der Waals surface area contributed by atoms with Gasteiger partial charge < -0.3 is 0 Å². The molecule has 0 saturated carbocycles. The van der Waals surface area contributed by atoms with Crippen molar-refractivity contribution < 1.29 is 0 Å². The summed E-state index contributed by atoms with van der Waals surface area (Å²) in [6, 6.07) is 4.69. The van der Waals surface area contributed by atoms with Gasteiger partial charge in [0.05, 0.1) is 3.79 Å². The molecule has 15 heavy (non-hydrogen) atoms. The summed E-state index contributed by atoms with van der Waals surface area (Å²) < 4.78 is 2.70. The van der Waals surface area contributed by atoms with Crippen LogP contribution in [0.25, 0.3) is 10.1 Å². The Kier molecular flexibility index (Phi) is 3.17. The van der Waals surface area contributed by atoms with Crippen molar-refractivity contribution in [2.75, 3.05) is 0 Å². The van der Waals surface area contributed by atoms with Crippen LogP contribution in [-0.2, 0) is 12.8 Å². The number of aryl methyl sites for hydroxylation is 3. The van der Waals surface area contributed by atoms with Crippen LogP contribution in [0.2, 0.25) is 0 Å². The molecule has 0 aliphatic carbocycles. The molecule has 0 aliphatic heterocycles. The van der Waals surface area contributed by atoms with Crippen molar-refractivity contribution in [1.82, 2.24) is 0 Å². The molecule has 0 amide bonds. The second-order valence-corrected chi connectivity index (χ2v) is 6.21. The molecule has 0 bridgehead atoms. The van der Waals surface area contributed by atoms with E-state index in [-0.39, 0.29) is 0 Å². The lowest BCUT2D eigenvalue weighted by Gasteiger charge is -2.05. The highest BCUT2D eigenvalue weighted by Gasteiger charge is 2.10. The van der Waals surface area contributed by atoms with Crippen LogP contribution in [0.4, 0.5) is 0 Å². The summed E-state index contributed by atoms with van der Waals surface area (Å²) in [5.41, 5.74) is 4.34. The summed E-state index contributed by atoms with van der Waals surface area (Å²) in [4.78, 5) is 0. The molecule has 1 heterocycles. The van der Waals surface area contributed by atoms with Gasteiger partial charge in [-0.1, -0.05) is 19.9 Å². The first-order valence-electron chi connectivity index (χ1n) is 5.37. The predicted molar refractivity (Wildman–Crippen MR) is 73.0 cm³/mol. The summed E-state index contributed by atoms with van der Waals surface area (Å²) in [7, 11) is 0. The minimum atomic E-state index is 1.12. The number of rotatable bonds is 2. The standard InChI is InChI=1S/C13H15BrS/c1-4-9-6-10(5-2)12-8(3)13(14)15-11(12)7-9/h6-7H,4-5H2,1-3H3. The summed E-state index contributed by atoms with van der Waals surface area (Å²) in [5.74, 6) is 0. The Morgan fingerprint density at radius 3 is 2.53 bits per heavy atom. The maximum absolute atomic E-state index is 3.64. The minimum Gasteiger partial charge on any atom is -0.128 e. The van der Waals surface area contributed by atoms with E-state index in [9.17, 15) is 0 Å². The highest BCUT2D eigenvalue weighted by atomic mass is 79.9. The average Bonchev–Trinajstić information content (AvgIpc) is 2.53. The van der Waals surface area contributed by atoms with Crippen molar-refractivity contribution in [2.24, 2.45) is 0 Å². The van der Waals surface area contributed by atoms with Crippen LogP contribution in [0.15, 0.2) is 15.9 Å². The van der Waals surface area contributed by atoms with Crippen LogP contribution in [0, 0.1) is 6.92 Å². The quantitative estimate of drug-likeness (QED) is 0.719. The first-order chi connectivity index (χ1) is 7.17. The van der Waals surface area contributed by atoms with E-state index in [1.807, 2.05) is 11.3 Å². The second kappa shape index (κ2) is 4.26. The maximum atomic E-state index is 3.64. The number of thiophene rings is 1. The highest BCUT2D eigenvalue weighted by Crippen LogP contribution is 2.37. The third kappa shape index (κ3) is 1.85. The smallest absolute Gasteiger partial charge is 0.0740 e. The number of hydrogen-bond acceptors (Lipinski definition) is 1. The summed E-state index contributed by atoms with van der Waals surface area (Å²) in [6.45, 7) is 6.66. The number of benzene rings is 1. The number of hydrogen-bond donors (Lipinski definition) is 0. The SMILES string of the molecule is CCc1cc(CC)c2c(C)c(Br)sc2c1. The van der Waals surface area contributed by atoms with Gasteiger partial charge in [0.2, 0.25) is 0 Å². The number of fused-ring (bicyclic) bond motifs is 1. The molecule has 1 aromatic carbocycles. The van der Waals surface area contributed by atoms with Gasteiger partial charge in [0.1, 0.15) is 0 Å². The molecule has 0 atom stereocenters. The lowest BCUT2D eigenvalue weighted by atomic mass is 10.0. The molecule has 0 unspecified atom stereocenters. The Morgan fingerprint density at radius 1 is 1.20 bits per heavy atom. The molecule has 1 aromatic heterocycles. The van der Waals surface area contributed by atoms with E-state index >= 15 is 0 Å². The van der Waals surface area contributed by atoms with E-state index in [2.05, 4.69) is 48.8 Å². The Hall–Kier alpha value is -0.340. The molecular formula is C13H15BrS. The second-order valence-electron chi connectivity index (χ2n) is 3.84. The zero-order valence-electron chi connectivity index (χ0n) is 9.36. The van der Waals surface area contributed by atoms with E-state index in [1.165, 1.54) is 30.6 Å². The molecule has 2 rings (SSSR count). The van der Waals surface area contributed by atoms with Gasteiger partial charge in [0.25, 0.3) is 0 Å². The Bertz CT molecular complexity index is 497. The van der Waals surface area contributed by atoms with E-state index in [4.69, 9.17) is 0 Å². The fourth-order valence-electron chi connectivity index (χ4n) is 2.00. The van der Waals surface area contributed by atoms with Crippen molar-refractivity contribution >= 4 is 37.4 Å². The minimum absolute atomic E-state index is 1.12. The van der Waals surface area contributed by atoms with Crippen LogP contribution in [0.5, 0.6) is 0 Å². The first-order valence-corrected chi connectivity index (χ1v) is 6.98. The van der Waals surface area contributed by atoms with Gasteiger partial charge >= 0.3 is 0 Å². The molecule has 2 aromatic rings. The third-order valence-electron chi connectivity index (χ3n) is 2.90. The van der Waals surface area contributed by atoms with Crippen LogP contribution in [0.1, 0.15) is 30.5 Å². The van der Waals surface area contributed by atoms with Crippen LogP contribution < -0.4 is 0 Å². The first kappa shape index (κ1) is 11.2. The van der Waals surface area contributed by atoms with Gasteiger partial charge in [-0.05, 0) is 63.8 Å². The monoisotopic (exact) mass is 282 g/mol. The molecule has 0 saturated heterocycles. The molecule has 80 valence electrons. The molecular weight excluding hydrogens is 268 g/mol. The van der Waals surface area contributed by atoms with Gasteiger partial charge in [-0.25, -0.2) is 0 Å². The van der Waals surface area contributed by atoms with Crippen molar-refractivity contribution in [1.29, 1.82) is 0 Å². The Balaban J connectivity index is 2.81. The lowest BCUT2D eigenvalue weighted by Crippen LogP contribution is -1.87. The van der Waals surface area contributed by atoms with Gasteiger partial charge in [-0.3, -0.25) is 0 Å². The highest BCUT2D eigenvalue weighted by molar-refractivity contribution is 9.11.